The minimum atomic E-state index is -0.393. The van der Waals surface area contributed by atoms with E-state index in [-0.39, 0.29) is 12.5 Å². The zero-order valence-electron chi connectivity index (χ0n) is 11.5. The molecule has 0 aliphatic heterocycles. The molecule has 6 nitrogen and oxygen atoms in total. The lowest BCUT2D eigenvalue weighted by Gasteiger charge is -2.02. The van der Waals surface area contributed by atoms with Crippen LogP contribution in [0.4, 0.5) is 5.00 Å². The van der Waals surface area contributed by atoms with Gasteiger partial charge in [0.1, 0.15) is 11.4 Å². The molecule has 0 unspecified atom stereocenters. The standard InChI is InChI=1S/C13H15N3O3S/c1-8-5-14-16(6-8)7-10(17)15-11-4-9(2)12(20-11)13(18)19-3/h4-6H,7H2,1-3H3,(H,15,17). The fourth-order valence-electron chi connectivity index (χ4n) is 1.72. The van der Waals surface area contributed by atoms with Crippen LogP contribution >= 0.6 is 11.3 Å². The summed E-state index contributed by atoms with van der Waals surface area (Å²) in [5.41, 5.74) is 1.78. The number of carbonyl (C=O) groups excluding carboxylic acids is 2. The smallest absolute Gasteiger partial charge is 0.348 e. The Morgan fingerprint density at radius 2 is 2.20 bits per heavy atom. The Morgan fingerprint density at radius 3 is 2.80 bits per heavy atom. The van der Waals surface area contributed by atoms with Crippen LogP contribution in [0.2, 0.25) is 0 Å². The lowest BCUT2D eigenvalue weighted by atomic mass is 10.3. The molecule has 7 heteroatoms. The molecule has 0 saturated heterocycles. The van der Waals surface area contributed by atoms with Crippen molar-refractivity contribution in [1.82, 2.24) is 9.78 Å². The summed E-state index contributed by atoms with van der Waals surface area (Å²) in [6.07, 6.45) is 3.48. The number of hydrogen-bond donors (Lipinski definition) is 1. The van der Waals surface area contributed by atoms with E-state index in [9.17, 15) is 9.59 Å². The number of thiophene rings is 1. The number of nitrogens with one attached hydrogen (secondary N) is 1. The summed E-state index contributed by atoms with van der Waals surface area (Å²) in [7, 11) is 1.33. The van der Waals surface area contributed by atoms with Crippen LogP contribution in [0.5, 0.6) is 0 Å². The molecule has 2 heterocycles. The zero-order chi connectivity index (χ0) is 14.7. The first-order valence-electron chi connectivity index (χ1n) is 5.97. The molecule has 106 valence electrons. The van der Waals surface area contributed by atoms with E-state index in [1.165, 1.54) is 18.4 Å². The Balaban J connectivity index is 2.03. The van der Waals surface area contributed by atoms with E-state index in [2.05, 4.69) is 15.2 Å². The molecule has 2 aromatic rings. The lowest BCUT2D eigenvalue weighted by molar-refractivity contribution is -0.116. The maximum Gasteiger partial charge on any atom is 0.348 e. The van der Waals surface area contributed by atoms with E-state index >= 15 is 0 Å². The first kappa shape index (κ1) is 14.3. The Kier molecular flexibility index (Phi) is 4.19. The zero-order valence-corrected chi connectivity index (χ0v) is 12.3. The van der Waals surface area contributed by atoms with Gasteiger partial charge in [-0.1, -0.05) is 0 Å². The second-order valence-electron chi connectivity index (χ2n) is 4.38. The molecule has 0 saturated carbocycles. The molecule has 20 heavy (non-hydrogen) atoms. The third-order valence-electron chi connectivity index (χ3n) is 2.62. The van der Waals surface area contributed by atoms with Gasteiger partial charge in [0.25, 0.3) is 0 Å². The molecule has 0 fully saturated rings. The van der Waals surface area contributed by atoms with Gasteiger partial charge in [0.2, 0.25) is 5.91 Å². The molecular formula is C13H15N3O3S. The summed E-state index contributed by atoms with van der Waals surface area (Å²) >= 11 is 1.20. The summed E-state index contributed by atoms with van der Waals surface area (Å²) in [5, 5.41) is 7.42. The van der Waals surface area contributed by atoms with Gasteiger partial charge in [0.15, 0.2) is 0 Å². The van der Waals surface area contributed by atoms with Gasteiger partial charge in [0, 0.05) is 6.20 Å². The number of nitrogens with zero attached hydrogens (tertiary/aromatic N) is 2. The molecule has 2 rings (SSSR count). The van der Waals surface area contributed by atoms with E-state index in [0.29, 0.717) is 9.88 Å². The molecular weight excluding hydrogens is 278 g/mol. The topological polar surface area (TPSA) is 73.2 Å². The third-order valence-corrected chi connectivity index (χ3v) is 3.75. The van der Waals surface area contributed by atoms with Crippen LogP contribution < -0.4 is 5.32 Å². The normalized spacial score (nSPS) is 10.3. The van der Waals surface area contributed by atoms with Gasteiger partial charge < -0.3 is 10.1 Å². The highest BCUT2D eigenvalue weighted by molar-refractivity contribution is 7.18. The molecule has 0 aliphatic rings. The number of amides is 1. The Morgan fingerprint density at radius 1 is 1.45 bits per heavy atom. The fourth-order valence-corrected chi connectivity index (χ4v) is 2.72. The van der Waals surface area contributed by atoms with Crippen molar-refractivity contribution in [3.8, 4) is 0 Å². The number of aromatic nitrogens is 2. The molecule has 0 atom stereocenters. The van der Waals surface area contributed by atoms with Crippen molar-refractivity contribution in [3.63, 3.8) is 0 Å². The van der Waals surface area contributed by atoms with Gasteiger partial charge in [-0.2, -0.15) is 5.10 Å². The highest BCUT2D eigenvalue weighted by Crippen LogP contribution is 2.27. The maximum atomic E-state index is 11.9. The molecule has 0 aromatic carbocycles. The summed E-state index contributed by atoms with van der Waals surface area (Å²) in [6, 6.07) is 1.75. The summed E-state index contributed by atoms with van der Waals surface area (Å²) in [6.45, 7) is 3.85. The van der Waals surface area contributed by atoms with Crippen LogP contribution in [0, 0.1) is 13.8 Å². The second kappa shape index (κ2) is 5.87. The summed E-state index contributed by atoms with van der Waals surface area (Å²) < 4.78 is 6.24. The number of esters is 1. The van der Waals surface area contributed by atoms with Crippen molar-refractivity contribution in [3.05, 3.63) is 34.5 Å². The van der Waals surface area contributed by atoms with E-state index in [0.717, 1.165) is 11.1 Å². The number of carbonyl (C=O) groups is 2. The minimum Gasteiger partial charge on any atom is -0.465 e. The van der Waals surface area contributed by atoms with E-state index < -0.39 is 5.97 Å². The number of rotatable bonds is 4. The second-order valence-corrected chi connectivity index (χ2v) is 5.43. The highest BCUT2D eigenvalue weighted by atomic mass is 32.1. The van der Waals surface area contributed by atoms with Crippen molar-refractivity contribution < 1.29 is 14.3 Å². The molecule has 2 aromatic heterocycles. The first-order chi connectivity index (χ1) is 9.49. The molecule has 1 amide bonds. The van der Waals surface area contributed by atoms with Crippen molar-refractivity contribution in [2.75, 3.05) is 12.4 Å². The third kappa shape index (κ3) is 3.24. The van der Waals surface area contributed by atoms with Crippen LogP contribution in [0.15, 0.2) is 18.5 Å². The maximum absolute atomic E-state index is 11.9. The van der Waals surface area contributed by atoms with Crippen LogP contribution in [-0.2, 0) is 16.1 Å². The van der Waals surface area contributed by atoms with Crippen LogP contribution in [-0.4, -0.2) is 28.8 Å². The van der Waals surface area contributed by atoms with Gasteiger partial charge >= 0.3 is 5.97 Å². The van der Waals surface area contributed by atoms with Gasteiger partial charge in [-0.3, -0.25) is 9.48 Å². The average molecular weight is 293 g/mol. The predicted molar refractivity (Wildman–Crippen MR) is 76.0 cm³/mol. The molecule has 0 aliphatic carbocycles. The van der Waals surface area contributed by atoms with Crippen LogP contribution in [0.25, 0.3) is 0 Å². The quantitative estimate of drug-likeness (QED) is 0.875. The van der Waals surface area contributed by atoms with Crippen LogP contribution in [0.1, 0.15) is 20.8 Å². The van der Waals surface area contributed by atoms with Crippen molar-refractivity contribution in [1.29, 1.82) is 0 Å². The summed E-state index contributed by atoms with van der Waals surface area (Å²) in [4.78, 5) is 23.9. The van der Waals surface area contributed by atoms with E-state index in [1.54, 1.807) is 30.1 Å². The number of hydrogen-bond acceptors (Lipinski definition) is 5. The first-order valence-corrected chi connectivity index (χ1v) is 6.79. The Hall–Kier alpha value is -2.15. The van der Waals surface area contributed by atoms with Gasteiger partial charge in [-0.05, 0) is 31.0 Å². The molecule has 0 bridgehead atoms. The van der Waals surface area contributed by atoms with E-state index in [4.69, 9.17) is 0 Å². The van der Waals surface area contributed by atoms with Gasteiger partial charge in [-0.15, -0.1) is 11.3 Å². The van der Waals surface area contributed by atoms with Gasteiger partial charge in [0.05, 0.1) is 18.3 Å². The SMILES string of the molecule is COC(=O)c1sc(NC(=O)Cn2cc(C)cn2)cc1C. The van der Waals surface area contributed by atoms with Crippen molar-refractivity contribution in [2.24, 2.45) is 0 Å². The molecule has 0 spiro atoms. The van der Waals surface area contributed by atoms with E-state index in [1.807, 2.05) is 6.92 Å². The lowest BCUT2D eigenvalue weighted by Crippen LogP contribution is -2.18. The number of anilines is 1. The highest BCUT2D eigenvalue weighted by Gasteiger charge is 2.15. The molecule has 1 N–H and O–H groups in total. The average Bonchev–Trinajstić information content (AvgIpc) is 2.94. The number of ether oxygens (including phenoxy) is 1. The van der Waals surface area contributed by atoms with Crippen molar-refractivity contribution in [2.45, 2.75) is 20.4 Å². The monoisotopic (exact) mass is 293 g/mol. The van der Waals surface area contributed by atoms with Crippen molar-refractivity contribution >= 4 is 28.2 Å². The predicted octanol–water partition coefficient (Wildman–Crippen LogP) is 1.99. The fraction of sp³-hybridized carbons (Fsp3) is 0.308. The number of methoxy groups -OCH3 is 1. The molecule has 0 radical (unpaired) electrons. The largest absolute Gasteiger partial charge is 0.465 e. The van der Waals surface area contributed by atoms with Crippen LogP contribution in [0.3, 0.4) is 0 Å². The van der Waals surface area contributed by atoms with Gasteiger partial charge in [-0.25, -0.2) is 4.79 Å². The summed E-state index contributed by atoms with van der Waals surface area (Å²) in [5.74, 6) is -0.582. The Bertz CT molecular complexity index is 645. The minimum absolute atomic E-state index is 0.137. The number of aryl methyl sites for hydroxylation is 2. The Labute approximate surface area is 120 Å².